The fraction of sp³-hybridized carbons (Fsp3) is 0.231. The molecule has 0 aromatic heterocycles. The quantitative estimate of drug-likeness (QED) is 0.848. The summed E-state index contributed by atoms with van der Waals surface area (Å²) < 4.78 is 13.6. The van der Waals surface area contributed by atoms with E-state index in [1.54, 1.807) is 0 Å². The average molecular weight is 274 g/mol. The van der Waals surface area contributed by atoms with E-state index in [-0.39, 0.29) is 41.3 Å². The van der Waals surface area contributed by atoms with Gasteiger partial charge in [0.05, 0.1) is 11.6 Å². The van der Waals surface area contributed by atoms with Gasteiger partial charge in [0.15, 0.2) is 0 Å². The fourth-order valence-electron chi connectivity index (χ4n) is 1.71. The number of carbonyl (C=O) groups excluding carboxylic acids is 2. The van der Waals surface area contributed by atoms with Crippen LogP contribution in [0.3, 0.4) is 0 Å². The van der Waals surface area contributed by atoms with Crippen molar-refractivity contribution in [3.63, 3.8) is 0 Å². The molecule has 6 nitrogen and oxygen atoms in total. The molecule has 102 valence electrons. The van der Waals surface area contributed by atoms with Crippen molar-refractivity contribution < 1.29 is 14.0 Å². The van der Waals surface area contributed by atoms with Crippen molar-refractivity contribution in [3.05, 3.63) is 29.1 Å². The third kappa shape index (κ3) is 2.80. The molecule has 2 N–H and O–H groups in total. The fourth-order valence-corrected chi connectivity index (χ4v) is 1.71. The summed E-state index contributed by atoms with van der Waals surface area (Å²) in [7, 11) is 0. The number of nitrogens with zero attached hydrogens (tertiary/aromatic N) is 2. The summed E-state index contributed by atoms with van der Waals surface area (Å²) in [5.74, 6) is -1.35. The first-order chi connectivity index (χ1) is 9.51. The Bertz CT molecular complexity index is 661. The second-order valence-electron chi connectivity index (χ2n) is 4.29. The van der Waals surface area contributed by atoms with E-state index in [0.717, 1.165) is 6.07 Å². The number of nitrogens with one attached hydrogen (secondary N) is 2. The number of hydrazone groups is 1. The minimum atomic E-state index is -0.571. The summed E-state index contributed by atoms with van der Waals surface area (Å²) in [6.45, 7) is 1.50. The SMILES string of the molecule is Cc1c(F)cc(C#N)cc1NC(=O)C1=NNC(=O)CC1. The molecule has 0 unspecified atom stereocenters. The van der Waals surface area contributed by atoms with Gasteiger partial charge in [0.25, 0.3) is 5.91 Å². The number of benzene rings is 1. The van der Waals surface area contributed by atoms with Crippen molar-refractivity contribution in [3.8, 4) is 6.07 Å². The first-order valence-electron chi connectivity index (χ1n) is 5.88. The maximum absolute atomic E-state index is 13.6. The maximum Gasteiger partial charge on any atom is 0.271 e. The van der Waals surface area contributed by atoms with Crippen LogP contribution in [0, 0.1) is 24.1 Å². The number of nitriles is 1. The molecule has 0 saturated carbocycles. The number of carbonyl (C=O) groups is 2. The molecule has 1 aromatic carbocycles. The predicted molar refractivity (Wildman–Crippen MR) is 69.3 cm³/mol. The Labute approximate surface area is 114 Å². The number of anilines is 1. The van der Waals surface area contributed by atoms with Gasteiger partial charge in [0.2, 0.25) is 5.91 Å². The Balaban J connectivity index is 2.22. The Morgan fingerprint density at radius 2 is 2.25 bits per heavy atom. The molecule has 0 atom stereocenters. The van der Waals surface area contributed by atoms with Crippen LogP contribution in [0.5, 0.6) is 0 Å². The van der Waals surface area contributed by atoms with Crippen molar-refractivity contribution >= 4 is 23.2 Å². The van der Waals surface area contributed by atoms with Gasteiger partial charge in [-0.3, -0.25) is 9.59 Å². The van der Waals surface area contributed by atoms with Gasteiger partial charge in [-0.05, 0) is 19.1 Å². The van der Waals surface area contributed by atoms with Crippen LogP contribution in [0.25, 0.3) is 0 Å². The van der Waals surface area contributed by atoms with E-state index in [4.69, 9.17) is 5.26 Å². The largest absolute Gasteiger partial charge is 0.320 e. The monoisotopic (exact) mass is 274 g/mol. The van der Waals surface area contributed by atoms with Crippen molar-refractivity contribution in [2.45, 2.75) is 19.8 Å². The van der Waals surface area contributed by atoms with E-state index < -0.39 is 11.7 Å². The second kappa shape index (κ2) is 5.48. The molecule has 2 amide bonds. The number of halogens is 1. The maximum atomic E-state index is 13.6. The summed E-state index contributed by atoms with van der Waals surface area (Å²) in [4.78, 5) is 22.9. The third-order valence-electron chi connectivity index (χ3n) is 2.89. The number of hydrogen-bond acceptors (Lipinski definition) is 4. The van der Waals surface area contributed by atoms with Gasteiger partial charge in [-0.25, -0.2) is 9.82 Å². The van der Waals surface area contributed by atoms with Crippen LogP contribution in [0.1, 0.15) is 24.0 Å². The summed E-state index contributed by atoms with van der Waals surface area (Å²) in [5, 5.41) is 14.9. The highest BCUT2D eigenvalue weighted by atomic mass is 19.1. The zero-order chi connectivity index (χ0) is 14.7. The summed E-state index contributed by atoms with van der Waals surface area (Å²) in [6, 6.07) is 4.30. The highest BCUT2D eigenvalue weighted by molar-refractivity contribution is 6.43. The highest BCUT2D eigenvalue weighted by Gasteiger charge is 2.19. The molecule has 1 aliphatic heterocycles. The molecule has 0 spiro atoms. The zero-order valence-electron chi connectivity index (χ0n) is 10.7. The molecule has 0 fully saturated rings. The highest BCUT2D eigenvalue weighted by Crippen LogP contribution is 2.20. The lowest BCUT2D eigenvalue weighted by atomic mass is 10.1. The molecule has 0 saturated heterocycles. The summed E-state index contributed by atoms with van der Waals surface area (Å²) >= 11 is 0. The first-order valence-corrected chi connectivity index (χ1v) is 5.88. The van der Waals surface area contributed by atoms with Gasteiger partial charge in [0, 0.05) is 24.1 Å². The van der Waals surface area contributed by atoms with Gasteiger partial charge in [0.1, 0.15) is 11.5 Å². The third-order valence-corrected chi connectivity index (χ3v) is 2.89. The molecule has 7 heteroatoms. The van der Waals surface area contributed by atoms with Gasteiger partial charge < -0.3 is 5.32 Å². The van der Waals surface area contributed by atoms with Crippen molar-refractivity contribution in [2.24, 2.45) is 5.10 Å². The lowest BCUT2D eigenvalue weighted by Crippen LogP contribution is -2.33. The molecule has 0 bridgehead atoms. The molecular weight excluding hydrogens is 263 g/mol. The topological polar surface area (TPSA) is 94.3 Å². The molecule has 1 aliphatic rings. The van der Waals surface area contributed by atoms with Gasteiger partial charge in [-0.15, -0.1) is 0 Å². The zero-order valence-corrected chi connectivity index (χ0v) is 10.7. The lowest BCUT2D eigenvalue weighted by Gasteiger charge is -2.13. The molecule has 1 heterocycles. The number of hydrogen-bond donors (Lipinski definition) is 2. The van der Waals surface area contributed by atoms with E-state index in [1.807, 2.05) is 6.07 Å². The Kier molecular flexibility index (Phi) is 3.75. The van der Waals surface area contributed by atoms with Crippen LogP contribution in [0.2, 0.25) is 0 Å². The number of amides is 2. The normalized spacial score (nSPS) is 14.1. The first kappa shape index (κ1) is 13.7. The molecule has 20 heavy (non-hydrogen) atoms. The van der Waals surface area contributed by atoms with Crippen LogP contribution in [-0.2, 0) is 9.59 Å². The minimum absolute atomic E-state index is 0.113. The van der Waals surface area contributed by atoms with Crippen molar-refractivity contribution in [1.29, 1.82) is 5.26 Å². The summed E-state index contributed by atoms with van der Waals surface area (Å²) in [5.41, 5.74) is 2.93. The Morgan fingerprint density at radius 1 is 1.50 bits per heavy atom. The van der Waals surface area contributed by atoms with Gasteiger partial charge in [-0.1, -0.05) is 0 Å². The molecule has 1 aromatic rings. The lowest BCUT2D eigenvalue weighted by molar-refractivity contribution is -0.121. The average Bonchev–Trinajstić information content (AvgIpc) is 2.44. The van der Waals surface area contributed by atoms with Crippen molar-refractivity contribution in [2.75, 3.05) is 5.32 Å². The molecule has 0 radical (unpaired) electrons. The predicted octanol–water partition coefficient (Wildman–Crippen LogP) is 1.21. The van der Waals surface area contributed by atoms with Crippen LogP contribution in [-0.4, -0.2) is 17.5 Å². The Morgan fingerprint density at radius 3 is 2.85 bits per heavy atom. The smallest absolute Gasteiger partial charge is 0.271 e. The van der Waals surface area contributed by atoms with Crippen molar-refractivity contribution in [1.82, 2.24) is 5.43 Å². The van der Waals surface area contributed by atoms with E-state index in [0.29, 0.717) is 0 Å². The van der Waals surface area contributed by atoms with E-state index in [2.05, 4.69) is 15.8 Å². The van der Waals surface area contributed by atoms with Gasteiger partial charge >= 0.3 is 0 Å². The second-order valence-corrected chi connectivity index (χ2v) is 4.29. The van der Waals surface area contributed by atoms with E-state index in [1.165, 1.54) is 13.0 Å². The van der Waals surface area contributed by atoms with Gasteiger partial charge in [-0.2, -0.15) is 10.4 Å². The van der Waals surface area contributed by atoms with Crippen LogP contribution >= 0.6 is 0 Å². The summed E-state index contributed by atoms with van der Waals surface area (Å²) in [6.07, 6.45) is 0.398. The Hall–Kier alpha value is -2.75. The van der Waals surface area contributed by atoms with Crippen LogP contribution < -0.4 is 10.7 Å². The number of rotatable bonds is 2. The molecular formula is C13H11FN4O2. The van der Waals surface area contributed by atoms with Crippen LogP contribution in [0.4, 0.5) is 10.1 Å². The van der Waals surface area contributed by atoms with Crippen LogP contribution in [0.15, 0.2) is 17.2 Å². The standard InChI is InChI=1S/C13H11FN4O2/c1-7-9(14)4-8(6-15)5-11(7)16-13(20)10-2-3-12(19)18-17-10/h4-5H,2-3H2,1H3,(H,16,20)(H,18,19). The molecule has 2 rings (SSSR count). The molecule has 0 aliphatic carbocycles. The van der Waals surface area contributed by atoms with E-state index in [9.17, 15) is 14.0 Å². The van der Waals surface area contributed by atoms with E-state index >= 15 is 0 Å². The minimum Gasteiger partial charge on any atom is -0.320 e.